The Morgan fingerprint density at radius 1 is 1.38 bits per heavy atom. The van der Waals surface area contributed by atoms with Gasteiger partial charge in [-0.15, -0.1) is 0 Å². The van der Waals surface area contributed by atoms with E-state index in [9.17, 15) is 18.0 Å². The zero-order valence-electron chi connectivity index (χ0n) is 11.3. The molecule has 2 rings (SSSR count). The van der Waals surface area contributed by atoms with E-state index in [0.29, 0.717) is 10.2 Å². The standard InChI is InChI=1S/C12H13BrN2O5S/c1-15-11(16)6-9(12(15)17)14-21(18,19)7-3-4-10(20-2)8(13)5-7/h3-5,9,14H,6H2,1-2H3. The Kier molecular flexibility index (Phi) is 4.35. The molecule has 1 saturated heterocycles. The number of likely N-dealkylation sites (tertiary alicyclic amines) is 1. The quantitative estimate of drug-likeness (QED) is 0.772. The maximum Gasteiger partial charge on any atom is 0.247 e. The van der Waals surface area contributed by atoms with Crippen molar-refractivity contribution >= 4 is 37.8 Å². The summed E-state index contributed by atoms with van der Waals surface area (Å²) in [6.45, 7) is 0. The predicted octanol–water partition coefficient (Wildman–Crippen LogP) is 0.493. The van der Waals surface area contributed by atoms with Crippen molar-refractivity contribution in [1.82, 2.24) is 9.62 Å². The average molecular weight is 377 g/mol. The number of carbonyl (C=O) groups is 2. The van der Waals surface area contributed by atoms with Crippen LogP contribution in [0.1, 0.15) is 6.42 Å². The van der Waals surface area contributed by atoms with Crippen molar-refractivity contribution in [3.63, 3.8) is 0 Å². The van der Waals surface area contributed by atoms with E-state index in [1.165, 1.54) is 32.4 Å². The van der Waals surface area contributed by atoms with Gasteiger partial charge in [-0.1, -0.05) is 0 Å². The van der Waals surface area contributed by atoms with E-state index in [2.05, 4.69) is 20.7 Å². The monoisotopic (exact) mass is 376 g/mol. The number of ether oxygens (including phenoxy) is 1. The number of nitrogens with one attached hydrogen (secondary N) is 1. The first-order valence-corrected chi connectivity index (χ1v) is 8.20. The number of rotatable bonds is 4. The lowest BCUT2D eigenvalue weighted by atomic mass is 10.3. The van der Waals surface area contributed by atoms with E-state index in [4.69, 9.17) is 4.74 Å². The summed E-state index contributed by atoms with van der Waals surface area (Å²) in [6, 6.07) is 3.16. The average Bonchev–Trinajstić information content (AvgIpc) is 2.65. The number of likely N-dealkylation sites (N-methyl/N-ethyl adjacent to an activating group) is 1. The van der Waals surface area contributed by atoms with Crippen LogP contribution in [-0.2, 0) is 19.6 Å². The number of hydrogen-bond acceptors (Lipinski definition) is 5. The predicted molar refractivity (Wildman–Crippen MR) is 77.2 cm³/mol. The molecule has 0 saturated carbocycles. The van der Waals surface area contributed by atoms with E-state index in [1.807, 2.05) is 0 Å². The number of amides is 2. The van der Waals surface area contributed by atoms with Crippen molar-refractivity contribution in [2.45, 2.75) is 17.4 Å². The van der Waals surface area contributed by atoms with Crippen LogP contribution in [0.5, 0.6) is 5.75 Å². The van der Waals surface area contributed by atoms with Crippen molar-refractivity contribution in [2.24, 2.45) is 0 Å². The molecule has 1 heterocycles. The van der Waals surface area contributed by atoms with Crippen molar-refractivity contribution in [3.05, 3.63) is 22.7 Å². The van der Waals surface area contributed by atoms with Crippen LogP contribution < -0.4 is 9.46 Å². The smallest absolute Gasteiger partial charge is 0.247 e. The Morgan fingerprint density at radius 2 is 2.05 bits per heavy atom. The molecule has 0 spiro atoms. The fourth-order valence-electron chi connectivity index (χ4n) is 1.92. The third-order valence-corrected chi connectivity index (χ3v) is 5.20. The van der Waals surface area contributed by atoms with Gasteiger partial charge in [-0.05, 0) is 34.1 Å². The number of sulfonamides is 1. The first-order chi connectivity index (χ1) is 9.76. The van der Waals surface area contributed by atoms with Gasteiger partial charge in [-0.3, -0.25) is 14.5 Å². The molecular formula is C12H13BrN2O5S. The SMILES string of the molecule is COc1ccc(S(=O)(=O)NC2CC(=O)N(C)C2=O)cc1Br. The van der Waals surface area contributed by atoms with E-state index in [0.717, 1.165) is 4.90 Å². The van der Waals surface area contributed by atoms with Gasteiger partial charge < -0.3 is 4.74 Å². The summed E-state index contributed by atoms with van der Waals surface area (Å²) < 4.78 is 32.2. The van der Waals surface area contributed by atoms with Gasteiger partial charge in [-0.2, -0.15) is 4.72 Å². The number of methoxy groups -OCH3 is 1. The number of hydrogen-bond donors (Lipinski definition) is 1. The largest absolute Gasteiger partial charge is 0.496 e. The topological polar surface area (TPSA) is 92.8 Å². The molecule has 1 aromatic carbocycles. The molecule has 0 bridgehead atoms. The lowest BCUT2D eigenvalue weighted by molar-refractivity contribution is -0.137. The molecule has 0 aliphatic carbocycles. The highest BCUT2D eigenvalue weighted by Gasteiger charge is 2.38. The number of nitrogens with zero attached hydrogens (tertiary/aromatic N) is 1. The molecule has 2 amide bonds. The molecule has 0 radical (unpaired) electrons. The van der Waals surface area contributed by atoms with Crippen LogP contribution in [0.3, 0.4) is 0 Å². The van der Waals surface area contributed by atoms with E-state index in [1.54, 1.807) is 0 Å². The lowest BCUT2D eigenvalue weighted by Crippen LogP contribution is -2.40. The Labute approximate surface area is 130 Å². The maximum absolute atomic E-state index is 12.2. The first kappa shape index (κ1) is 15.9. The van der Waals surface area contributed by atoms with Crippen LogP contribution in [0, 0.1) is 0 Å². The summed E-state index contributed by atoms with van der Waals surface area (Å²) in [4.78, 5) is 24.0. The molecule has 1 aliphatic rings. The number of imide groups is 1. The zero-order chi connectivity index (χ0) is 15.8. The maximum atomic E-state index is 12.2. The minimum Gasteiger partial charge on any atom is -0.496 e. The van der Waals surface area contributed by atoms with Gasteiger partial charge in [0.25, 0.3) is 0 Å². The van der Waals surface area contributed by atoms with Gasteiger partial charge in [0.05, 0.1) is 22.9 Å². The van der Waals surface area contributed by atoms with Crippen LogP contribution in [0.2, 0.25) is 0 Å². The number of carbonyl (C=O) groups excluding carboxylic acids is 2. The summed E-state index contributed by atoms with van der Waals surface area (Å²) in [6.07, 6.45) is -0.175. The second-order valence-electron chi connectivity index (χ2n) is 4.47. The fraction of sp³-hybridized carbons (Fsp3) is 0.333. The molecule has 1 atom stereocenters. The molecule has 1 aliphatic heterocycles. The summed E-state index contributed by atoms with van der Waals surface area (Å²) >= 11 is 3.20. The summed E-state index contributed by atoms with van der Waals surface area (Å²) in [5.41, 5.74) is 0. The Hall–Kier alpha value is -1.45. The molecule has 21 heavy (non-hydrogen) atoms. The van der Waals surface area contributed by atoms with Crippen molar-refractivity contribution in [1.29, 1.82) is 0 Å². The second-order valence-corrected chi connectivity index (χ2v) is 7.03. The number of benzene rings is 1. The highest BCUT2D eigenvalue weighted by atomic mass is 79.9. The highest BCUT2D eigenvalue weighted by molar-refractivity contribution is 9.10. The molecule has 1 unspecified atom stereocenters. The minimum atomic E-state index is -3.91. The Morgan fingerprint density at radius 3 is 2.52 bits per heavy atom. The normalized spacial score (nSPS) is 19.2. The zero-order valence-corrected chi connectivity index (χ0v) is 13.7. The van der Waals surface area contributed by atoms with Crippen molar-refractivity contribution in [2.75, 3.05) is 14.2 Å². The fourth-order valence-corrected chi connectivity index (χ4v) is 3.82. The van der Waals surface area contributed by atoms with Crippen LogP contribution in [0.4, 0.5) is 0 Å². The van der Waals surface area contributed by atoms with Crippen molar-refractivity contribution in [3.8, 4) is 5.75 Å². The Balaban J connectivity index is 2.25. The first-order valence-electron chi connectivity index (χ1n) is 5.92. The molecule has 1 aromatic rings. The van der Waals surface area contributed by atoms with Crippen LogP contribution in [-0.4, -0.2) is 45.3 Å². The molecule has 1 N–H and O–H groups in total. The molecule has 114 valence electrons. The van der Waals surface area contributed by atoms with Crippen molar-refractivity contribution < 1.29 is 22.7 Å². The summed E-state index contributed by atoms with van der Waals surface area (Å²) in [5, 5.41) is 0. The molecule has 0 aromatic heterocycles. The van der Waals surface area contributed by atoms with Gasteiger partial charge >= 0.3 is 0 Å². The van der Waals surface area contributed by atoms with Gasteiger partial charge in [0.15, 0.2) is 0 Å². The molecular weight excluding hydrogens is 364 g/mol. The lowest BCUT2D eigenvalue weighted by Gasteiger charge is -2.12. The summed E-state index contributed by atoms with van der Waals surface area (Å²) in [5.74, 6) is -0.486. The van der Waals surface area contributed by atoms with E-state index >= 15 is 0 Å². The highest BCUT2D eigenvalue weighted by Crippen LogP contribution is 2.27. The van der Waals surface area contributed by atoms with Gasteiger partial charge in [0, 0.05) is 7.05 Å². The van der Waals surface area contributed by atoms with Gasteiger partial charge in [0.1, 0.15) is 11.8 Å². The van der Waals surface area contributed by atoms with Crippen LogP contribution in [0.25, 0.3) is 0 Å². The van der Waals surface area contributed by atoms with Gasteiger partial charge in [-0.25, -0.2) is 8.42 Å². The Bertz CT molecular complexity index is 704. The summed E-state index contributed by atoms with van der Waals surface area (Å²) in [7, 11) is -1.12. The molecule has 7 nitrogen and oxygen atoms in total. The molecule has 9 heteroatoms. The second kappa shape index (κ2) is 5.74. The number of halogens is 1. The van der Waals surface area contributed by atoms with Gasteiger partial charge in [0.2, 0.25) is 21.8 Å². The molecule has 1 fully saturated rings. The van der Waals surface area contributed by atoms with Crippen LogP contribution >= 0.6 is 15.9 Å². The van der Waals surface area contributed by atoms with E-state index in [-0.39, 0.29) is 11.3 Å². The minimum absolute atomic E-state index is 0.0232. The van der Waals surface area contributed by atoms with Crippen LogP contribution in [0.15, 0.2) is 27.6 Å². The van der Waals surface area contributed by atoms with E-state index < -0.39 is 27.9 Å². The third-order valence-electron chi connectivity index (χ3n) is 3.11. The third kappa shape index (κ3) is 3.09.